The average molecular weight is 275 g/mol. The number of anilines is 3. The van der Waals surface area contributed by atoms with E-state index in [1.54, 1.807) is 42.4 Å². The van der Waals surface area contributed by atoms with Crippen molar-refractivity contribution in [3.8, 4) is 0 Å². The van der Waals surface area contributed by atoms with E-state index >= 15 is 0 Å². The lowest BCUT2D eigenvalue weighted by Crippen LogP contribution is -2.14. The van der Waals surface area contributed by atoms with Gasteiger partial charge in [-0.3, -0.25) is 9.48 Å². The van der Waals surface area contributed by atoms with Gasteiger partial charge in [-0.1, -0.05) is 6.07 Å². The first-order valence-corrected chi connectivity index (χ1v) is 6.08. The highest BCUT2D eigenvalue weighted by molar-refractivity contribution is 6.02. The Morgan fingerprint density at radius 2 is 2.30 bits per heavy atom. The molecule has 0 saturated heterocycles. The molecule has 20 heavy (non-hydrogen) atoms. The number of hydrogen-bond acceptors (Lipinski definition) is 5. The largest absolute Gasteiger partial charge is 0.397 e. The summed E-state index contributed by atoms with van der Waals surface area (Å²) in [5.74, 6) is -0.536. The van der Waals surface area contributed by atoms with Crippen LogP contribution in [0.1, 0.15) is 10.4 Å². The molecule has 0 saturated carbocycles. The first-order valence-electron chi connectivity index (χ1n) is 6.08. The Bertz CT molecular complexity index is 609. The van der Waals surface area contributed by atoms with Gasteiger partial charge in [0.25, 0.3) is 5.91 Å². The maximum absolute atomic E-state index is 11.4. The standard InChI is InChI=1S/C13H17N5O2/c1-20-6-5-18-8-9(7-16-18)17-12-10(13(15)19)3-2-4-11(12)14/h2-4,7-8,17H,5-6,14H2,1H3,(H2,15,19). The van der Waals surface area contributed by atoms with E-state index in [-0.39, 0.29) is 0 Å². The Kier molecular flexibility index (Phi) is 4.21. The normalized spacial score (nSPS) is 10.4. The van der Waals surface area contributed by atoms with Crippen LogP contribution in [-0.4, -0.2) is 29.4 Å². The van der Waals surface area contributed by atoms with Crippen molar-refractivity contribution < 1.29 is 9.53 Å². The molecule has 7 heteroatoms. The monoisotopic (exact) mass is 275 g/mol. The molecular formula is C13H17N5O2. The predicted octanol–water partition coefficient (Wildman–Crippen LogP) is 0.954. The Morgan fingerprint density at radius 1 is 1.50 bits per heavy atom. The summed E-state index contributed by atoms with van der Waals surface area (Å²) in [6.45, 7) is 1.21. The lowest BCUT2D eigenvalue weighted by atomic mass is 10.1. The van der Waals surface area contributed by atoms with Gasteiger partial charge in [0, 0.05) is 13.3 Å². The lowest BCUT2D eigenvalue weighted by Gasteiger charge is -2.11. The minimum atomic E-state index is -0.536. The highest BCUT2D eigenvalue weighted by Gasteiger charge is 2.11. The van der Waals surface area contributed by atoms with Crippen LogP contribution >= 0.6 is 0 Å². The first kappa shape index (κ1) is 13.9. The molecule has 1 heterocycles. The van der Waals surface area contributed by atoms with E-state index in [4.69, 9.17) is 16.2 Å². The van der Waals surface area contributed by atoms with Crippen LogP contribution in [0, 0.1) is 0 Å². The maximum atomic E-state index is 11.4. The number of amides is 1. The first-order chi connectivity index (χ1) is 9.61. The van der Waals surface area contributed by atoms with Crippen molar-refractivity contribution in [2.24, 2.45) is 5.73 Å². The van der Waals surface area contributed by atoms with Gasteiger partial charge in [0.1, 0.15) is 0 Å². The minimum Gasteiger partial charge on any atom is -0.397 e. The Morgan fingerprint density at radius 3 is 3.00 bits per heavy atom. The fourth-order valence-corrected chi connectivity index (χ4v) is 1.79. The van der Waals surface area contributed by atoms with Crippen LogP contribution < -0.4 is 16.8 Å². The third-order valence-electron chi connectivity index (χ3n) is 2.79. The van der Waals surface area contributed by atoms with Gasteiger partial charge >= 0.3 is 0 Å². The summed E-state index contributed by atoms with van der Waals surface area (Å²) in [6, 6.07) is 5.00. The summed E-state index contributed by atoms with van der Waals surface area (Å²) in [4.78, 5) is 11.4. The lowest BCUT2D eigenvalue weighted by molar-refractivity contribution is 0.100. The summed E-state index contributed by atoms with van der Waals surface area (Å²) >= 11 is 0. The Balaban J connectivity index is 2.21. The minimum absolute atomic E-state index is 0.342. The van der Waals surface area contributed by atoms with E-state index < -0.39 is 5.91 Å². The van der Waals surface area contributed by atoms with Gasteiger partial charge in [-0.15, -0.1) is 0 Å². The third-order valence-corrected chi connectivity index (χ3v) is 2.79. The Hall–Kier alpha value is -2.54. The molecule has 0 unspecified atom stereocenters. The van der Waals surface area contributed by atoms with Crippen molar-refractivity contribution in [1.82, 2.24) is 9.78 Å². The summed E-state index contributed by atoms with van der Waals surface area (Å²) in [5.41, 5.74) is 13.2. The topological polar surface area (TPSA) is 108 Å². The zero-order valence-electron chi connectivity index (χ0n) is 11.2. The molecule has 1 amide bonds. The molecule has 0 fully saturated rings. The summed E-state index contributed by atoms with van der Waals surface area (Å²) in [7, 11) is 1.63. The van der Waals surface area contributed by atoms with Crippen LogP contribution in [0.4, 0.5) is 17.1 Å². The summed E-state index contributed by atoms with van der Waals surface area (Å²) in [5, 5.41) is 7.24. The fourth-order valence-electron chi connectivity index (χ4n) is 1.79. The van der Waals surface area contributed by atoms with Gasteiger partial charge in [0.2, 0.25) is 0 Å². The van der Waals surface area contributed by atoms with Gasteiger partial charge in [-0.25, -0.2) is 0 Å². The number of ether oxygens (including phenoxy) is 1. The predicted molar refractivity (Wildman–Crippen MR) is 76.8 cm³/mol. The molecule has 7 nitrogen and oxygen atoms in total. The van der Waals surface area contributed by atoms with Gasteiger partial charge in [0.05, 0.1) is 42.0 Å². The number of primary amides is 1. The van der Waals surface area contributed by atoms with Crippen molar-refractivity contribution in [2.75, 3.05) is 24.8 Å². The van der Waals surface area contributed by atoms with E-state index in [0.29, 0.717) is 30.1 Å². The van der Waals surface area contributed by atoms with E-state index in [1.807, 2.05) is 0 Å². The number of nitrogens with zero attached hydrogens (tertiary/aromatic N) is 2. The molecule has 0 aliphatic heterocycles. The number of nitrogens with two attached hydrogens (primary N) is 2. The molecular weight excluding hydrogens is 258 g/mol. The van der Waals surface area contributed by atoms with Crippen LogP contribution in [0.5, 0.6) is 0 Å². The van der Waals surface area contributed by atoms with Crippen molar-refractivity contribution in [3.63, 3.8) is 0 Å². The van der Waals surface area contributed by atoms with E-state index in [9.17, 15) is 4.79 Å². The number of carbonyl (C=O) groups is 1. The van der Waals surface area contributed by atoms with Crippen molar-refractivity contribution in [3.05, 3.63) is 36.2 Å². The molecule has 2 aromatic rings. The molecule has 1 aromatic carbocycles. The van der Waals surface area contributed by atoms with Crippen molar-refractivity contribution >= 4 is 23.0 Å². The maximum Gasteiger partial charge on any atom is 0.250 e. The molecule has 0 aliphatic carbocycles. The van der Waals surface area contributed by atoms with Crippen LogP contribution in [-0.2, 0) is 11.3 Å². The van der Waals surface area contributed by atoms with Gasteiger partial charge in [-0.2, -0.15) is 5.10 Å². The number of nitrogens with one attached hydrogen (secondary N) is 1. The fraction of sp³-hybridized carbons (Fsp3) is 0.231. The van der Waals surface area contributed by atoms with E-state index in [2.05, 4.69) is 10.4 Å². The number of aromatic nitrogens is 2. The molecule has 0 aliphatic rings. The number of carbonyl (C=O) groups excluding carboxylic acids is 1. The molecule has 0 radical (unpaired) electrons. The molecule has 2 rings (SSSR count). The average Bonchev–Trinajstić information content (AvgIpc) is 2.86. The van der Waals surface area contributed by atoms with Crippen molar-refractivity contribution in [2.45, 2.75) is 6.54 Å². The quantitative estimate of drug-likeness (QED) is 0.680. The van der Waals surface area contributed by atoms with Crippen LogP contribution in [0.3, 0.4) is 0 Å². The molecule has 0 bridgehead atoms. The second-order valence-electron chi connectivity index (χ2n) is 4.24. The van der Waals surface area contributed by atoms with Crippen LogP contribution in [0.25, 0.3) is 0 Å². The smallest absolute Gasteiger partial charge is 0.250 e. The molecule has 0 atom stereocenters. The zero-order chi connectivity index (χ0) is 14.5. The number of benzene rings is 1. The number of hydrogen-bond donors (Lipinski definition) is 3. The number of methoxy groups -OCH3 is 1. The van der Waals surface area contributed by atoms with Crippen LogP contribution in [0.15, 0.2) is 30.6 Å². The summed E-state index contributed by atoms with van der Waals surface area (Å²) in [6.07, 6.45) is 3.45. The van der Waals surface area contributed by atoms with Crippen molar-refractivity contribution in [1.29, 1.82) is 0 Å². The van der Waals surface area contributed by atoms with E-state index in [0.717, 1.165) is 5.69 Å². The molecule has 5 N–H and O–H groups in total. The third kappa shape index (κ3) is 3.07. The highest BCUT2D eigenvalue weighted by atomic mass is 16.5. The van der Waals surface area contributed by atoms with E-state index in [1.165, 1.54) is 0 Å². The van der Waals surface area contributed by atoms with Gasteiger partial charge in [0.15, 0.2) is 0 Å². The van der Waals surface area contributed by atoms with Crippen LogP contribution in [0.2, 0.25) is 0 Å². The molecule has 1 aromatic heterocycles. The highest BCUT2D eigenvalue weighted by Crippen LogP contribution is 2.26. The number of rotatable bonds is 6. The second-order valence-corrected chi connectivity index (χ2v) is 4.24. The molecule has 0 spiro atoms. The molecule has 106 valence electrons. The summed E-state index contributed by atoms with van der Waals surface area (Å²) < 4.78 is 6.71. The number of nitrogen functional groups attached to an aromatic ring is 1. The second kappa shape index (κ2) is 6.07. The SMILES string of the molecule is COCCn1cc(Nc2c(N)cccc2C(N)=O)cn1. The zero-order valence-corrected chi connectivity index (χ0v) is 11.2. The Labute approximate surface area is 116 Å². The van der Waals surface area contributed by atoms with Gasteiger partial charge in [-0.05, 0) is 12.1 Å². The van der Waals surface area contributed by atoms with Gasteiger partial charge < -0.3 is 21.5 Å². The number of para-hydroxylation sites is 1.